The molecule has 0 aromatic carbocycles. The van der Waals surface area contributed by atoms with Crippen LogP contribution in [0, 0.1) is 6.92 Å². The fraction of sp³-hybridized carbons (Fsp3) is 0.364. The zero-order valence-electron chi connectivity index (χ0n) is 16.0. The number of rotatable bonds is 4. The number of thiazole rings is 1. The summed E-state index contributed by atoms with van der Waals surface area (Å²) >= 11 is 1.52. The standard InChI is InChI=1S/C22H24N4OS/c1-16-10-12-26(20(13-16)24-17-7-3-2-4-8-17)21(27)14-18-15-28-22(25-18)19-9-5-6-11-23-19/h5-6,9-13,15,17H,2-4,7-8,14H2,1H3. The van der Waals surface area contributed by atoms with Crippen LogP contribution in [-0.4, -0.2) is 26.5 Å². The summed E-state index contributed by atoms with van der Waals surface area (Å²) in [4.78, 5) is 26.8. The Morgan fingerprint density at radius 3 is 2.89 bits per heavy atom. The lowest BCUT2D eigenvalue weighted by atomic mass is 9.96. The van der Waals surface area contributed by atoms with Crippen molar-refractivity contribution in [2.24, 2.45) is 4.99 Å². The van der Waals surface area contributed by atoms with Gasteiger partial charge in [-0.1, -0.05) is 25.3 Å². The normalized spacial score (nSPS) is 15.7. The molecule has 0 aliphatic heterocycles. The monoisotopic (exact) mass is 392 g/mol. The number of carbonyl (C=O) groups excluding carboxylic acids is 1. The Hall–Kier alpha value is -2.60. The van der Waals surface area contributed by atoms with Crippen LogP contribution in [0.5, 0.6) is 0 Å². The lowest BCUT2D eigenvalue weighted by Crippen LogP contribution is -2.30. The van der Waals surface area contributed by atoms with Gasteiger partial charge >= 0.3 is 0 Å². The van der Waals surface area contributed by atoms with Crippen LogP contribution in [0.15, 0.2) is 53.1 Å². The number of pyridine rings is 2. The number of aromatic nitrogens is 3. The van der Waals surface area contributed by atoms with Gasteiger partial charge in [-0.05, 0) is 49.6 Å². The molecule has 28 heavy (non-hydrogen) atoms. The fourth-order valence-corrected chi connectivity index (χ4v) is 4.33. The molecule has 0 saturated heterocycles. The maximum Gasteiger partial charge on any atom is 0.238 e. The first kappa shape index (κ1) is 18.7. The van der Waals surface area contributed by atoms with Crippen LogP contribution in [0.2, 0.25) is 0 Å². The SMILES string of the molecule is Cc1ccn(C(=O)Cc2csc(-c3ccccn3)n2)c(=NC2CCCCC2)c1. The Balaban J connectivity index is 1.57. The Morgan fingerprint density at radius 2 is 2.11 bits per heavy atom. The van der Waals surface area contributed by atoms with Gasteiger partial charge in [-0.2, -0.15) is 0 Å². The summed E-state index contributed by atoms with van der Waals surface area (Å²) in [6.45, 7) is 2.04. The van der Waals surface area contributed by atoms with Gasteiger partial charge in [0.05, 0.1) is 23.9 Å². The molecule has 4 rings (SSSR count). The van der Waals surface area contributed by atoms with Gasteiger partial charge in [-0.25, -0.2) is 4.98 Å². The molecule has 0 unspecified atom stereocenters. The van der Waals surface area contributed by atoms with E-state index >= 15 is 0 Å². The molecule has 3 heterocycles. The van der Waals surface area contributed by atoms with E-state index in [0.717, 1.165) is 40.3 Å². The second kappa shape index (κ2) is 8.61. The predicted octanol–water partition coefficient (Wildman–Crippen LogP) is 4.43. The van der Waals surface area contributed by atoms with Gasteiger partial charge in [-0.15, -0.1) is 11.3 Å². The van der Waals surface area contributed by atoms with Gasteiger partial charge in [0.25, 0.3) is 0 Å². The molecule has 144 valence electrons. The first-order valence-corrected chi connectivity index (χ1v) is 10.7. The van der Waals surface area contributed by atoms with Gasteiger partial charge in [-0.3, -0.25) is 19.3 Å². The Bertz CT molecular complexity index is 1020. The lowest BCUT2D eigenvalue weighted by Gasteiger charge is -2.18. The van der Waals surface area contributed by atoms with Gasteiger partial charge in [0, 0.05) is 17.8 Å². The Morgan fingerprint density at radius 1 is 1.25 bits per heavy atom. The van der Waals surface area contributed by atoms with Crippen molar-refractivity contribution in [2.75, 3.05) is 0 Å². The number of hydrogen-bond acceptors (Lipinski definition) is 5. The summed E-state index contributed by atoms with van der Waals surface area (Å²) in [5.74, 6) is -0.00701. The summed E-state index contributed by atoms with van der Waals surface area (Å²) in [6.07, 6.45) is 9.81. The van der Waals surface area contributed by atoms with Crippen LogP contribution in [0.3, 0.4) is 0 Å². The molecule has 3 aromatic heterocycles. The molecule has 1 aliphatic carbocycles. The maximum absolute atomic E-state index is 13.0. The van der Waals surface area contributed by atoms with Gasteiger partial charge in [0.2, 0.25) is 5.91 Å². The van der Waals surface area contributed by atoms with Crippen molar-refractivity contribution in [3.63, 3.8) is 0 Å². The van der Waals surface area contributed by atoms with E-state index in [9.17, 15) is 4.79 Å². The van der Waals surface area contributed by atoms with Crippen molar-refractivity contribution in [1.29, 1.82) is 0 Å². The van der Waals surface area contributed by atoms with E-state index in [-0.39, 0.29) is 12.3 Å². The van der Waals surface area contributed by atoms with Crippen molar-refractivity contribution in [3.05, 3.63) is 64.9 Å². The van der Waals surface area contributed by atoms with Crippen LogP contribution < -0.4 is 5.49 Å². The van der Waals surface area contributed by atoms with Crippen molar-refractivity contribution in [3.8, 4) is 10.7 Å². The van der Waals surface area contributed by atoms with Gasteiger partial charge < -0.3 is 0 Å². The average Bonchev–Trinajstić information content (AvgIpc) is 3.18. The van der Waals surface area contributed by atoms with E-state index in [4.69, 9.17) is 4.99 Å². The highest BCUT2D eigenvalue weighted by atomic mass is 32.1. The van der Waals surface area contributed by atoms with E-state index in [2.05, 4.69) is 9.97 Å². The molecule has 0 N–H and O–H groups in total. The lowest BCUT2D eigenvalue weighted by molar-refractivity contribution is 0.0907. The first-order valence-electron chi connectivity index (χ1n) is 9.81. The molecule has 1 aliphatic rings. The first-order chi connectivity index (χ1) is 13.7. The van der Waals surface area contributed by atoms with E-state index in [1.165, 1.54) is 30.6 Å². The van der Waals surface area contributed by atoms with Crippen molar-refractivity contribution in [1.82, 2.24) is 14.5 Å². The molecule has 0 spiro atoms. The molecule has 6 heteroatoms. The molecule has 1 saturated carbocycles. The van der Waals surface area contributed by atoms with Crippen LogP contribution >= 0.6 is 11.3 Å². The molecule has 3 aromatic rings. The average molecular weight is 393 g/mol. The number of carbonyl (C=O) groups is 1. The van der Waals surface area contributed by atoms with E-state index in [1.807, 2.05) is 48.8 Å². The third-order valence-corrected chi connectivity index (χ3v) is 5.93. The molecule has 0 bridgehead atoms. The minimum absolute atomic E-state index is 0.00701. The second-order valence-electron chi connectivity index (χ2n) is 7.28. The van der Waals surface area contributed by atoms with Crippen molar-refractivity contribution in [2.45, 2.75) is 51.5 Å². The quantitative estimate of drug-likeness (QED) is 0.660. The molecule has 5 nitrogen and oxygen atoms in total. The van der Waals surface area contributed by atoms with E-state index in [1.54, 1.807) is 10.8 Å². The molecule has 1 fully saturated rings. The van der Waals surface area contributed by atoms with Crippen molar-refractivity contribution < 1.29 is 4.79 Å². The summed E-state index contributed by atoms with van der Waals surface area (Å²) in [7, 11) is 0. The number of aryl methyl sites for hydroxylation is 1. The zero-order valence-corrected chi connectivity index (χ0v) is 16.9. The second-order valence-corrected chi connectivity index (χ2v) is 8.14. The van der Waals surface area contributed by atoms with Crippen LogP contribution in [0.25, 0.3) is 10.7 Å². The van der Waals surface area contributed by atoms with Gasteiger partial charge in [0.1, 0.15) is 10.5 Å². The smallest absolute Gasteiger partial charge is 0.238 e. The Labute approximate surface area is 168 Å². The predicted molar refractivity (Wildman–Crippen MR) is 111 cm³/mol. The third-order valence-electron chi connectivity index (χ3n) is 5.02. The van der Waals surface area contributed by atoms with Crippen LogP contribution in [-0.2, 0) is 6.42 Å². The molecular weight excluding hydrogens is 368 g/mol. The van der Waals surface area contributed by atoms with E-state index in [0.29, 0.717) is 6.04 Å². The topological polar surface area (TPSA) is 60.1 Å². The summed E-state index contributed by atoms with van der Waals surface area (Å²) in [5, 5.41) is 2.78. The number of hydrogen-bond donors (Lipinski definition) is 0. The fourth-order valence-electron chi connectivity index (χ4n) is 3.53. The van der Waals surface area contributed by atoms with E-state index < -0.39 is 0 Å². The zero-order chi connectivity index (χ0) is 19.3. The maximum atomic E-state index is 13.0. The molecular formula is C22H24N4OS. The highest BCUT2D eigenvalue weighted by molar-refractivity contribution is 7.13. The van der Waals surface area contributed by atoms with Crippen LogP contribution in [0.4, 0.5) is 0 Å². The van der Waals surface area contributed by atoms with Gasteiger partial charge in [0.15, 0.2) is 0 Å². The molecule has 0 amide bonds. The van der Waals surface area contributed by atoms with Crippen LogP contribution in [0.1, 0.15) is 48.2 Å². The summed E-state index contributed by atoms with van der Waals surface area (Å²) in [5.41, 5.74) is 3.48. The summed E-state index contributed by atoms with van der Waals surface area (Å²) < 4.78 is 1.68. The minimum Gasteiger partial charge on any atom is -0.274 e. The highest BCUT2D eigenvalue weighted by Gasteiger charge is 2.15. The molecule has 0 radical (unpaired) electrons. The Kier molecular flexibility index (Phi) is 5.76. The number of nitrogens with zero attached hydrogens (tertiary/aromatic N) is 4. The summed E-state index contributed by atoms with van der Waals surface area (Å²) in [6, 6.07) is 10.0. The third kappa shape index (κ3) is 4.44. The molecule has 0 atom stereocenters. The van der Waals surface area contributed by atoms with Crippen molar-refractivity contribution >= 4 is 17.2 Å². The largest absolute Gasteiger partial charge is 0.274 e. The highest BCUT2D eigenvalue weighted by Crippen LogP contribution is 2.22. The minimum atomic E-state index is -0.00701.